The van der Waals surface area contributed by atoms with Gasteiger partial charge in [-0.05, 0) is 33.6 Å². The van der Waals surface area contributed by atoms with Crippen LogP contribution in [-0.2, 0) is 13.0 Å². The Hall–Kier alpha value is -1.40. The molecule has 90 valence electrons. The lowest BCUT2D eigenvalue weighted by Gasteiger charge is -2.04. The largest absolute Gasteiger partial charge is 0.507 e. The fourth-order valence-electron chi connectivity index (χ4n) is 1.40. The van der Waals surface area contributed by atoms with E-state index in [1.807, 2.05) is 12.1 Å². The van der Waals surface area contributed by atoms with E-state index in [0.717, 1.165) is 25.1 Å². The molecule has 0 radical (unpaired) electrons. The summed E-state index contributed by atoms with van der Waals surface area (Å²) in [6.07, 6.45) is 2.06. The lowest BCUT2D eigenvalue weighted by atomic mass is 10.2. The molecule has 5 nitrogen and oxygen atoms in total. The van der Waals surface area contributed by atoms with Crippen molar-refractivity contribution in [3.8, 4) is 5.75 Å². The predicted octanol–water partition coefficient (Wildman–Crippen LogP) is 1.87. The number of nitrogens with zero attached hydrogens (tertiary/aromatic N) is 2. The minimum atomic E-state index is 0.251. The monoisotopic (exact) mass is 297 g/mol. The van der Waals surface area contributed by atoms with Crippen molar-refractivity contribution in [2.24, 2.45) is 0 Å². The van der Waals surface area contributed by atoms with E-state index in [-0.39, 0.29) is 5.75 Å². The van der Waals surface area contributed by atoms with E-state index in [0.29, 0.717) is 10.3 Å². The maximum atomic E-state index is 9.35. The Kier molecular flexibility index (Phi) is 4.11. The molecule has 2 aromatic rings. The molecular formula is C11H12BrN3O2. The molecule has 0 aliphatic carbocycles. The van der Waals surface area contributed by atoms with Gasteiger partial charge in [0.05, 0.1) is 4.47 Å². The molecule has 0 aliphatic heterocycles. The number of aromatic nitrogens is 2. The second kappa shape index (κ2) is 5.79. The lowest BCUT2D eigenvalue weighted by Crippen LogP contribution is -2.17. The number of rotatable bonds is 5. The van der Waals surface area contributed by atoms with Gasteiger partial charge in [0.2, 0.25) is 6.39 Å². The molecule has 1 aromatic heterocycles. The van der Waals surface area contributed by atoms with Crippen LogP contribution in [0, 0.1) is 0 Å². The summed E-state index contributed by atoms with van der Waals surface area (Å²) in [5.74, 6) is 0.949. The molecule has 0 aliphatic rings. The second-order valence-electron chi connectivity index (χ2n) is 3.56. The van der Waals surface area contributed by atoms with Crippen molar-refractivity contribution in [2.75, 3.05) is 6.54 Å². The zero-order valence-electron chi connectivity index (χ0n) is 9.06. The molecule has 1 heterocycles. The summed E-state index contributed by atoms with van der Waals surface area (Å²) in [6, 6.07) is 5.43. The molecule has 6 heteroatoms. The van der Waals surface area contributed by atoms with E-state index in [2.05, 4.69) is 35.9 Å². The average Bonchev–Trinajstić information content (AvgIpc) is 2.82. The molecular weight excluding hydrogens is 286 g/mol. The fraction of sp³-hybridized carbons (Fsp3) is 0.273. The molecule has 17 heavy (non-hydrogen) atoms. The quantitative estimate of drug-likeness (QED) is 0.825. The summed E-state index contributed by atoms with van der Waals surface area (Å²) in [4.78, 5) is 3.93. The Balaban J connectivity index is 1.76. The maximum Gasteiger partial charge on any atom is 0.213 e. The van der Waals surface area contributed by atoms with Crippen molar-refractivity contribution in [1.29, 1.82) is 0 Å². The summed E-state index contributed by atoms with van der Waals surface area (Å²) in [6.45, 7) is 1.51. The number of halogens is 1. The molecule has 0 fully saturated rings. The van der Waals surface area contributed by atoms with Gasteiger partial charge in [0, 0.05) is 19.5 Å². The lowest BCUT2D eigenvalue weighted by molar-refractivity contribution is 0.409. The number of aromatic hydroxyl groups is 1. The number of hydrogen-bond acceptors (Lipinski definition) is 5. The molecule has 0 unspecified atom stereocenters. The molecule has 0 amide bonds. The summed E-state index contributed by atoms with van der Waals surface area (Å²) in [5, 5.41) is 16.3. The van der Waals surface area contributed by atoms with Crippen molar-refractivity contribution < 1.29 is 9.63 Å². The van der Waals surface area contributed by atoms with Gasteiger partial charge in [0.1, 0.15) is 5.75 Å². The minimum absolute atomic E-state index is 0.251. The van der Waals surface area contributed by atoms with Crippen LogP contribution in [0.1, 0.15) is 11.4 Å². The van der Waals surface area contributed by atoms with Crippen molar-refractivity contribution in [3.63, 3.8) is 0 Å². The number of nitrogens with one attached hydrogen (secondary N) is 1. The minimum Gasteiger partial charge on any atom is -0.507 e. The van der Waals surface area contributed by atoms with Gasteiger partial charge in [-0.15, -0.1) is 0 Å². The van der Waals surface area contributed by atoms with Crippen LogP contribution in [0.4, 0.5) is 0 Å². The van der Waals surface area contributed by atoms with Crippen LogP contribution >= 0.6 is 15.9 Å². The third-order valence-electron chi connectivity index (χ3n) is 2.27. The van der Waals surface area contributed by atoms with E-state index < -0.39 is 0 Å². The van der Waals surface area contributed by atoms with Crippen LogP contribution in [0.25, 0.3) is 0 Å². The highest BCUT2D eigenvalue weighted by Gasteiger charge is 2.00. The Morgan fingerprint density at radius 3 is 3.00 bits per heavy atom. The first-order valence-electron chi connectivity index (χ1n) is 5.19. The third kappa shape index (κ3) is 3.54. The first kappa shape index (κ1) is 12.1. The topological polar surface area (TPSA) is 71.2 Å². The van der Waals surface area contributed by atoms with Crippen LogP contribution in [0.3, 0.4) is 0 Å². The van der Waals surface area contributed by atoms with Crippen LogP contribution in [-0.4, -0.2) is 21.8 Å². The van der Waals surface area contributed by atoms with Gasteiger partial charge in [-0.25, -0.2) is 0 Å². The van der Waals surface area contributed by atoms with E-state index >= 15 is 0 Å². The van der Waals surface area contributed by atoms with Crippen LogP contribution < -0.4 is 5.32 Å². The maximum absolute atomic E-state index is 9.35. The Morgan fingerprint density at radius 1 is 1.41 bits per heavy atom. The fourth-order valence-corrected chi connectivity index (χ4v) is 1.82. The standard InChI is InChI=1S/C11H12BrN3O2/c12-9-5-8(1-2-10(9)16)6-13-4-3-11-14-7-17-15-11/h1-2,5,7,13,16H,3-4,6H2. The van der Waals surface area contributed by atoms with Crippen LogP contribution in [0.5, 0.6) is 5.75 Å². The normalized spacial score (nSPS) is 10.6. The number of phenols is 1. The van der Waals surface area contributed by atoms with Crippen molar-refractivity contribution in [2.45, 2.75) is 13.0 Å². The average molecular weight is 298 g/mol. The third-order valence-corrected chi connectivity index (χ3v) is 2.91. The summed E-state index contributed by atoms with van der Waals surface area (Å²) >= 11 is 3.28. The molecule has 2 rings (SSSR count). The first-order chi connectivity index (χ1) is 8.25. The highest BCUT2D eigenvalue weighted by Crippen LogP contribution is 2.24. The summed E-state index contributed by atoms with van der Waals surface area (Å²) < 4.78 is 5.34. The Labute approximate surface area is 107 Å². The van der Waals surface area contributed by atoms with Crippen molar-refractivity contribution in [1.82, 2.24) is 15.5 Å². The van der Waals surface area contributed by atoms with Gasteiger partial charge < -0.3 is 14.9 Å². The van der Waals surface area contributed by atoms with Gasteiger partial charge in [-0.1, -0.05) is 11.2 Å². The SMILES string of the molecule is Oc1ccc(CNCCc2ncon2)cc1Br. The molecule has 0 spiro atoms. The van der Waals surface area contributed by atoms with Gasteiger partial charge in [-0.3, -0.25) is 0 Å². The zero-order valence-corrected chi connectivity index (χ0v) is 10.6. The van der Waals surface area contributed by atoms with E-state index in [1.165, 1.54) is 6.39 Å². The molecule has 0 bridgehead atoms. The highest BCUT2D eigenvalue weighted by molar-refractivity contribution is 9.10. The summed E-state index contributed by atoms with van der Waals surface area (Å²) in [7, 11) is 0. The Bertz CT molecular complexity index is 474. The molecule has 0 atom stereocenters. The van der Waals surface area contributed by atoms with Gasteiger partial charge in [0.15, 0.2) is 5.82 Å². The molecule has 1 aromatic carbocycles. The van der Waals surface area contributed by atoms with Crippen molar-refractivity contribution >= 4 is 15.9 Å². The second-order valence-corrected chi connectivity index (χ2v) is 4.41. The van der Waals surface area contributed by atoms with Crippen LogP contribution in [0.2, 0.25) is 0 Å². The molecule has 0 saturated carbocycles. The first-order valence-corrected chi connectivity index (χ1v) is 5.98. The smallest absolute Gasteiger partial charge is 0.213 e. The number of phenolic OH excluding ortho intramolecular Hbond substituents is 1. The predicted molar refractivity (Wildman–Crippen MR) is 65.5 cm³/mol. The van der Waals surface area contributed by atoms with Crippen LogP contribution in [0.15, 0.2) is 33.6 Å². The molecule has 2 N–H and O–H groups in total. The zero-order chi connectivity index (χ0) is 12.1. The number of benzene rings is 1. The van der Waals surface area contributed by atoms with Crippen molar-refractivity contribution in [3.05, 3.63) is 40.5 Å². The van der Waals surface area contributed by atoms with E-state index in [1.54, 1.807) is 6.07 Å². The van der Waals surface area contributed by atoms with E-state index in [9.17, 15) is 5.11 Å². The van der Waals surface area contributed by atoms with Gasteiger partial charge >= 0.3 is 0 Å². The Morgan fingerprint density at radius 2 is 2.29 bits per heavy atom. The highest BCUT2D eigenvalue weighted by atomic mass is 79.9. The van der Waals surface area contributed by atoms with Gasteiger partial charge in [0.25, 0.3) is 0 Å². The van der Waals surface area contributed by atoms with Gasteiger partial charge in [-0.2, -0.15) is 4.98 Å². The number of hydrogen-bond donors (Lipinski definition) is 2. The molecule has 0 saturated heterocycles. The summed E-state index contributed by atoms with van der Waals surface area (Å²) in [5.41, 5.74) is 1.10. The van der Waals surface area contributed by atoms with E-state index in [4.69, 9.17) is 0 Å².